The Bertz CT molecular complexity index is 1110. The third-order valence-corrected chi connectivity index (χ3v) is 5.65. The summed E-state index contributed by atoms with van der Waals surface area (Å²) in [6, 6.07) is 6.12. The van der Waals surface area contributed by atoms with Crippen molar-refractivity contribution in [2.24, 2.45) is 5.92 Å². The highest BCUT2D eigenvalue weighted by Crippen LogP contribution is 2.35. The van der Waals surface area contributed by atoms with E-state index in [9.17, 15) is 10.1 Å². The zero-order valence-electron chi connectivity index (χ0n) is 15.3. The topological polar surface area (TPSA) is 94.9 Å². The number of carbonyl (C=O) groups excluding carboxylic acids is 1. The van der Waals surface area contributed by atoms with E-state index >= 15 is 0 Å². The highest BCUT2D eigenvalue weighted by molar-refractivity contribution is 6.01. The maximum Gasteiger partial charge on any atom is 0.233 e. The summed E-state index contributed by atoms with van der Waals surface area (Å²) < 4.78 is 5.44. The van der Waals surface area contributed by atoms with Crippen LogP contribution in [0.3, 0.4) is 0 Å². The molecule has 1 fully saturated rings. The average Bonchev–Trinajstić information content (AvgIpc) is 3.32. The number of amides is 1. The van der Waals surface area contributed by atoms with Crippen LogP contribution in [0.5, 0.6) is 0 Å². The van der Waals surface area contributed by atoms with Gasteiger partial charge in [0.25, 0.3) is 0 Å². The Morgan fingerprint density at radius 1 is 1.29 bits per heavy atom. The molecule has 5 heterocycles. The van der Waals surface area contributed by atoms with Gasteiger partial charge >= 0.3 is 0 Å². The summed E-state index contributed by atoms with van der Waals surface area (Å²) in [6.45, 7) is 2.21. The molecule has 0 radical (unpaired) electrons. The van der Waals surface area contributed by atoms with Gasteiger partial charge in [-0.3, -0.25) is 9.78 Å². The Morgan fingerprint density at radius 2 is 2.14 bits per heavy atom. The Morgan fingerprint density at radius 3 is 2.96 bits per heavy atom. The lowest BCUT2D eigenvalue weighted by Crippen LogP contribution is -2.34. The number of aromatic amines is 1. The minimum absolute atomic E-state index is 0.0888. The van der Waals surface area contributed by atoms with E-state index in [1.54, 1.807) is 18.6 Å². The third-order valence-electron chi connectivity index (χ3n) is 5.65. The van der Waals surface area contributed by atoms with Gasteiger partial charge in [0.2, 0.25) is 5.91 Å². The molecule has 0 aromatic carbocycles. The lowest BCUT2D eigenvalue weighted by atomic mass is 9.99. The number of anilines is 1. The monoisotopic (exact) mass is 373 g/mol. The van der Waals surface area contributed by atoms with Crippen LogP contribution in [0.25, 0.3) is 22.2 Å². The van der Waals surface area contributed by atoms with Crippen LogP contribution < -0.4 is 4.90 Å². The van der Waals surface area contributed by atoms with Gasteiger partial charge in [0, 0.05) is 54.9 Å². The van der Waals surface area contributed by atoms with Gasteiger partial charge in [-0.05, 0) is 30.9 Å². The zero-order valence-corrected chi connectivity index (χ0v) is 15.3. The molecule has 7 heteroatoms. The Hall–Kier alpha value is -3.24. The fourth-order valence-corrected chi connectivity index (χ4v) is 4.11. The number of nitriles is 1. The van der Waals surface area contributed by atoms with Crippen molar-refractivity contribution in [3.63, 3.8) is 0 Å². The minimum Gasteiger partial charge on any atom is -0.381 e. The van der Waals surface area contributed by atoms with Gasteiger partial charge in [-0.15, -0.1) is 0 Å². The standard InChI is InChI=1S/C21H19N5O2/c22-9-16-15-1-4-23-21(15)25-11-17(16)14-7-19-18(24-10-14)8-20(27)26(19)12-13-2-5-28-6-3-13/h1,4,7,10-11,13H,2-3,5-6,8,12H2,(H,23,25). The van der Waals surface area contributed by atoms with Crippen LogP contribution in [0, 0.1) is 17.2 Å². The molecule has 1 amide bonds. The second-order valence-corrected chi connectivity index (χ2v) is 7.33. The number of nitrogens with one attached hydrogen (secondary N) is 1. The second-order valence-electron chi connectivity index (χ2n) is 7.33. The van der Waals surface area contributed by atoms with Crippen LogP contribution in [0.2, 0.25) is 0 Å². The number of hydrogen-bond donors (Lipinski definition) is 1. The summed E-state index contributed by atoms with van der Waals surface area (Å²) in [5.41, 5.74) is 4.44. The molecule has 1 N–H and O–H groups in total. The molecule has 28 heavy (non-hydrogen) atoms. The zero-order chi connectivity index (χ0) is 19.1. The summed E-state index contributed by atoms with van der Waals surface area (Å²) in [6.07, 6.45) is 7.48. The van der Waals surface area contributed by atoms with Crippen molar-refractivity contribution in [2.45, 2.75) is 19.3 Å². The highest BCUT2D eigenvalue weighted by atomic mass is 16.5. The molecule has 0 aliphatic carbocycles. The van der Waals surface area contributed by atoms with Crippen molar-refractivity contribution in [3.8, 4) is 17.2 Å². The summed E-state index contributed by atoms with van der Waals surface area (Å²) in [5.74, 6) is 0.533. The maximum absolute atomic E-state index is 12.6. The van der Waals surface area contributed by atoms with E-state index in [1.165, 1.54) is 0 Å². The van der Waals surface area contributed by atoms with Crippen molar-refractivity contribution >= 4 is 22.6 Å². The first-order valence-electron chi connectivity index (χ1n) is 9.48. The lowest BCUT2D eigenvalue weighted by Gasteiger charge is -2.27. The lowest BCUT2D eigenvalue weighted by molar-refractivity contribution is -0.117. The molecule has 2 aliphatic heterocycles. The van der Waals surface area contributed by atoms with Gasteiger partial charge in [0.1, 0.15) is 11.7 Å². The Balaban J connectivity index is 1.54. The minimum atomic E-state index is 0.0888. The van der Waals surface area contributed by atoms with Crippen LogP contribution in [-0.4, -0.2) is 40.6 Å². The fourth-order valence-electron chi connectivity index (χ4n) is 4.11. The van der Waals surface area contributed by atoms with E-state index in [1.807, 2.05) is 17.0 Å². The number of aromatic nitrogens is 3. The molecule has 7 nitrogen and oxygen atoms in total. The molecule has 0 atom stereocenters. The molecule has 0 bridgehead atoms. The van der Waals surface area contributed by atoms with Gasteiger partial charge in [0.15, 0.2) is 0 Å². The molecule has 0 unspecified atom stereocenters. The van der Waals surface area contributed by atoms with Crippen LogP contribution >= 0.6 is 0 Å². The van der Waals surface area contributed by atoms with E-state index in [2.05, 4.69) is 21.0 Å². The maximum atomic E-state index is 12.6. The molecule has 0 saturated carbocycles. The van der Waals surface area contributed by atoms with Crippen LogP contribution in [0.4, 0.5) is 5.69 Å². The number of rotatable bonds is 3. The number of ether oxygens (including phenoxy) is 1. The summed E-state index contributed by atoms with van der Waals surface area (Å²) in [5, 5.41) is 10.5. The quantitative estimate of drug-likeness (QED) is 0.762. The molecule has 1 saturated heterocycles. The molecule has 3 aromatic rings. The second kappa shape index (κ2) is 6.73. The van der Waals surface area contributed by atoms with E-state index in [0.717, 1.165) is 53.9 Å². The number of hydrogen-bond acceptors (Lipinski definition) is 5. The number of carbonyl (C=O) groups is 1. The van der Waals surface area contributed by atoms with Crippen molar-refractivity contribution in [2.75, 3.05) is 24.7 Å². The first-order chi connectivity index (χ1) is 13.7. The van der Waals surface area contributed by atoms with Crippen molar-refractivity contribution < 1.29 is 9.53 Å². The fraction of sp³-hybridized carbons (Fsp3) is 0.333. The number of pyridine rings is 2. The first kappa shape index (κ1) is 16.9. The van der Waals surface area contributed by atoms with Crippen LogP contribution in [-0.2, 0) is 16.0 Å². The van der Waals surface area contributed by atoms with Gasteiger partial charge in [-0.2, -0.15) is 5.26 Å². The van der Waals surface area contributed by atoms with Crippen molar-refractivity contribution in [3.05, 3.63) is 42.0 Å². The summed E-state index contributed by atoms with van der Waals surface area (Å²) >= 11 is 0. The molecule has 5 rings (SSSR count). The van der Waals surface area contributed by atoms with E-state index in [-0.39, 0.29) is 5.91 Å². The van der Waals surface area contributed by atoms with Gasteiger partial charge in [-0.25, -0.2) is 4.98 Å². The normalized spacial score (nSPS) is 17.1. The molecule has 140 valence electrons. The summed E-state index contributed by atoms with van der Waals surface area (Å²) in [4.78, 5) is 26.4. The molecular weight excluding hydrogens is 354 g/mol. The Labute approximate surface area is 162 Å². The van der Waals surface area contributed by atoms with E-state index in [0.29, 0.717) is 30.1 Å². The van der Waals surface area contributed by atoms with Crippen LogP contribution in [0.15, 0.2) is 30.7 Å². The smallest absolute Gasteiger partial charge is 0.233 e. The number of H-pyrrole nitrogens is 1. The third kappa shape index (κ3) is 2.74. The van der Waals surface area contributed by atoms with E-state index < -0.39 is 0 Å². The molecule has 3 aromatic heterocycles. The van der Waals surface area contributed by atoms with Gasteiger partial charge < -0.3 is 14.6 Å². The predicted octanol–water partition coefficient (Wildman–Crippen LogP) is 2.81. The molecule has 0 spiro atoms. The summed E-state index contributed by atoms with van der Waals surface area (Å²) in [7, 11) is 0. The first-order valence-corrected chi connectivity index (χ1v) is 9.48. The largest absolute Gasteiger partial charge is 0.381 e. The predicted molar refractivity (Wildman–Crippen MR) is 104 cm³/mol. The van der Waals surface area contributed by atoms with Crippen molar-refractivity contribution in [1.82, 2.24) is 15.0 Å². The molecular formula is C21H19N5O2. The van der Waals surface area contributed by atoms with E-state index in [4.69, 9.17) is 4.74 Å². The molecule has 2 aliphatic rings. The SMILES string of the molecule is N#Cc1c(-c2cnc3c(c2)N(CC2CCOCC2)C(=O)C3)cnc2[nH]ccc12. The van der Waals surface area contributed by atoms with Crippen LogP contribution in [0.1, 0.15) is 24.1 Å². The highest BCUT2D eigenvalue weighted by Gasteiger charge is 2.31. The van der Waals surface area contributed by atoms with Gasteiger partial charge in [0.05, 0.1) is 23.4 Å². The Kier molecular flexibility index (Phi) is 4.06. The average molecular weight is 373 g/mol. The van der Waals surface area contributed by atoms with Gasteiger partial charge in [-0.1, -0.05) is 0 Å². The van der Waals surface area contributed by atoms with Crippen molar-refractivity contribution in [1.29, 1.82) is 5.26 Å². The number of fused-ring (bicyclic) bond motifs is 2. The number of nitrogens with zero attached hydrogens (tertiary/aromatic N) is 4.